The molecule has 4 rings (SSSR count). The van der Waals surface area contributed by atoms with Crippen molar-refractivity contribution in [1.29, 1.82) is 5.26 Å². The molecule has 2 amide bonds. The third-order valence-corrected chi connectivity index (χ3v) is 6.57. The fourth-order valence-corrected chi connectivity index (χ4v) is 4.48. The number of amides is 2. The van der Waals surface area contributed by atoms with Gasteiger partial charge in [0.1, 0.15) is 11.8 Å². The van der Waals surface area contributed by atoms with E-state index in [1.807, 2.05) is 26.0 Å². The lowest BCUT2D eigenvalue weighted by Gasteiger charge is -2.37. The number of alkyl halides is 1. The van der Waals surface area contributed by atoms with Gasteiger partial charge in [0, 0.05) is 43.6 Å². The number of likely N-dealkylation sites (tertiary alicyclic amines) is 1. The van der Waals surface area contributed by atoms with Gasteiger partial charge >= 0.3 is 6.09 Å². The highest BCUT2D eigenvalue weighted by molar-refractivity contribution is 5.98. The van der Waals surface area contributed by atoms with Crippen molar-refractivity contribution in [1.82, 2.24) is 4.90 Å². The Labute approximate surface area is 198 Å². The number of hydrogen-bond donors (Lipinski definition) is 1. The Morgan fingerprint density at radius 3 is 2.50 bits per heavy atom. The predicted molar refractivity (Wildman–Crippen MR) is 124 cm³/mol. The zero-order valence-electron chi connectivity index (χ0n) is 19.4. The smallest absolute Gasteiger partial charge is 0.411 e. The van der Waals surface area contributed by atoms with Gasteiger partial charge in [-0.25, -0.2) is 9.18 Å². The molecule has 0 bridgehead atoms. The average Bonchev–Trinajstić information content (AvgIpc) is 3.34. The van der Waals surface area contributed by atoms with Crippen LogP contribution in [0.5, 0.6) is 0 Å². The molecule has 2 heterocycles. The van der Waals surface area contributed by atoms with Gasteiger partial charge in [0.05, 0.1) is 24.8 Å². The van der Waals surface area contributed by atoms with Gasteiger partial charge in [-0.2, -0.15) is 5.26 Å². The SMILES string of the molecule is Cc1cc(C)c(C(=O)N2CCC(F)(c3ccc(C#N)cc3)CC2)cc1NC(=O)O[C@@H]1CCOC1. The molecule has 0 saturated carbocycles. The maximum Gasteiger partial charge on any atom is 0.411 e. The quantitative estimate of drug-likeness (QED) is 0.712. The lowest BCUT2D eigenvalue weighted by atomic mass is 9.85. The van der Waals surface area contributed by atoms with Gasteiger partial charge in [-0.15, -0.1) is 0 Å². The highest BCUT2D eigenvalue weighted by Gasteiger charge is 2.38. The standard InChI is InChI=1S/C26H28FN3O4/c1-17-13-18(2)23(29-25(32)34-21-7-12-33-16-21)14-22(17)24(31)30-10-8-26(27,9-11-30)20-5-3-19(15-28)4-6-20/h3-6,13-14,21H,7-12,16H2,1-2H3,(H,29,32)/t21-/m1/s1. The Morgan fingerprint density at radius 1 is 1.18 bits per heavy atom. The first-order chi connectivity index (χ1) is 16.3. The van der Waals surface area contributed by atoms with E-state index in [-0.39, 0.29) is 37.9 Å². The van der Waals surface area contributed by atoms with Crippen LogP contribution in [0.4, 0.5) is 14.9 Å². The molecule has 0 aliphatic carbocycles. The predicted octanol–water partition coefficient (Wildman–Crippen LogP) is 4.61. The first-order valence-electron chi connectivity index (χ1n) is 11.4. The van der Waals surface area contributed by atoms with E-state index in [0.29, 0.717) is 42.0 Å². The van der Waals surface area contributed by atoms with E-state index in [9.17, 15) is 9.59 Å². The van der Waals surface area contributed by atoms with E-state index < -0.39 is 11.8 Å². The summed E-state index contributed by atoms with van der Waals surface area (Å²) in [5.74, 6) is -0.194. The van der Waals surface area contributed by atoms with Crippen molar-refractivity contribution in [3.63, 3.8) is 0 Å². The number of carbonyl (C=O) groups is 2. The van der Waals surface area contributed by atoms with Crippen LogP contribution in [0.25, 0.3) is 0 Å². The average molecular weight is 466 g/mol. The number of anilines is 1. The van der Waals surface area contributed by atoms with Crippen LogP contribution in [-0.2, 0) is 15.1 Å². The Kier molecular flexibility index (Phi) is 6.85. The fourth-order valence-electron chi connectivity index (χ4n) is 4.48. The number of halogens is 1. The summed E-state index contributed by atoms with van der Waals surface area (Å²) in [6.45, 7) is 5.20. The van der Waals surface area contributed by atoms with Crippen LogP contribution < -0.4 is 5.32 Å². The van der Waals surface area contributed by atoms with Gasteiger partial charge in [-0.3, -0.25) is 10.1 Å². The molecular formula is C26H28FN3O4. The molecule has 34 heavy (non-hydrogen) atoms. The molecule has 8 heteroatoms. The summed E-state index contributed by atoms with van der Waals surface area (Å²) in [7, 11) is 0. The number of nitrogens with one attached hydrogen (secondary N) is 1. The van der Waals surface area contributed by atoms with Gasteiger partial charge < -0.3 is 14.4 Å². The number of hydrogen-bond acceptors (Lipinski definition) is 5. The molecule has 0 unspecified atom stereocenters. The lowest BCUT2D eigenvalue weighted by Crippen LogP contribution is -2.43. The van der Waals surface area contributed by atoms with E-state index in [1.165, 1.54) is 0 Å². The van der Waals surface area contributed by atoms with Gasteiger partial charge in [0.15, 0.2) is 0 Å². The summed E-state index contributed by atoms with van der Waals surface area (Å²) < 4.78 is 26.2. The van der Waals surface area contributed by atoms with Crippen LogP contribution >= 0.6 is 0 Å². The summed E-state index contributed by atoms with van der Waals surface area (Å²) >= 11 is 0. The molecule has 1 atom stereocenters. The van der Waals surface area contributed by atoms with Crippen LogP contribution in [0.2, 0.25) is 0 Å². The second kappa shape index (κ2) is 9.82. The Bertz CT molecular complexity index is 1110. The molecule has 2 aliphatic rings. The third kappa shape index (κ3) is 5.05. The Hall–Kier alpha value is -3.44. The maximum absolute atomic E-state index is 15.6. The monoisotopic (exact) mass is 465 g/mol. The number of piperidine rings is 1. The van der Waals surface area contributed by atoms with E-state index >= 15 is 4.39 Å². The molecule has 2 fully saturated rings. The summed E-state index contributed by atoms with van der Waals surface area (Å²) in [5.41, 5.74) is 2.06. The third-order valence-electron chi connectivity index (χ3n) is 6.57. The fraction of sp³-hybridized carbons (Fsp3) is 0.423. The lowest BCUT2D eigenvalue weighted by molar-refractivity contribution is 0.0421. The summed E-state index contributed by atoms with van der Waals surface area (Å²) in [6.07, 6.45) is 0.172. The molecule has 2 saturated heterocycles. The summed E-state index contributed by atoms with van der Waals surface area (Å²) in [4.78, 5) is 27.2. The molecule has 1 N–H and O–H groups in total. The highest BCUT2D eigenvalue weighted by Crippen LogP contribution is 2.37. The van der Waals surface area contributed by atoms with Gasteiger partial charge in [0.2, 0.25) is 0 Å². The van der Waals surface area contributed by atoms with Gasteiger partial charge in [0.25, 0.3) is 5.91 Å². The topological polar surface area (TPSA) is 91.7 Å². The number of benzene rings is 2. The van der Waals surface area contributed by atoms with E-state index in [0.717, 1.165) is 11.1 Å². The van der Waals surface area contributed by atoms with Crippen molar-refractivity contribution in [2.75, 3.05) is 31.6 Å². The van der Waals surface area contributed by atoms with Crippen molar-refractivity contribution in [2.45, 2.75) is 44.9 Å². The van der Waals surface area contributed by atoms with Crippen LogP contribution in [0.3, 0.4) is 0 Å². The minimum atomic E-state index is -1.53. The zero-order chi connectivity index (χ0) is 24.3. The maximum atomic E-state index is 15.6. The molecule has 0 spiro atoms. The molecule has 0 radical (unpaired) electrons. The first kappa shape index (κ1) is 23.7. The van der Waals surface area contributed by atoms with Gasteiger partial charge in [-0.05, 0) is 48.7 Å². The Balaban J connectivity index is 1.43. The summed E-state index contributed by atoms with van der Waals surface area (Å²) in [6, 6.07) is 12.1. The Morgan fingerprint density at radius 2 is 1.88 bits per heavy atom. The number of ether oxygens (including phenoxy) is 2. The van der Waals surface area contributed by atoms with E-state index in [2.05, 4.69) is 5.32 Å². The molecule has 2 aromatic carbocycles. The van der Waals surface area contributed by atoms with E-state index in [1.54, 1.807) is 35.2 Å². The largest absolute Gasteiger partial charge is 0.443 e. The van der Waals surface area contributed by atoms with Gasteiger partial charge in [-0.1, -0.05) is 18.2 Å². The molecular weight excluding hydrogens is 437 g/mol. The van der Waals surface area contributed by atoms with Crippen molar-refractivity contribution in [3.8, 4) is 6.07 Å². The van der Waals surface area contributed by atoms with Crippen molar-refractivity contribution >= 4 is 17.7 Å². The molecule has 0 aromatic heterocycles. The normalized spacial score (nSPS) is 19.4. The number of aryl methyl sites for hydroxylation is 2. The zero-order valence-corrected chi connectivity index (χ0v) is 19.4. The van der Waals surface area contributed by atoms with Crippen molar-refractivity contribution < 1.29 is 23.5 Å². The molecule has 2 aliphatic heterocycles. The number of nitriles is 1. The van der Waals surface area contributed by atoms with Crippen LogP contribution in [0.15, 0.2) is 36.4 Å². The second-order valence-electron chi connectivity index (χ2n) is 8.94. The van der Waals surface area contributed by atoms with Crippen LogP contribution in [0.1, 0.15) is 51.9 Å². The molecule has 178 valence electrons. The summed E-state index contributed by atoms with van der Waals surface area (Å²) in [5, 5.41) is 11.7. The molecule has 2 aromatic rings. The van der Waals surface area contributed by atoms with Crippen molar-refractivity contribution in [3.05, 3.63) is 64.2 Å². The van der Waals surface area contributed by atoms with Crippen molar-refractivity contribution in [2.24, 2.45) is 0 Å². The van der Waals surface area contributed by atoms with E-state index in [4.69, 9.17) is 14.7 Å². The highest BCUT2D eigenvalue weighted by atomic mass is 19.1. The number of nitrogens with zero attached hydrogens (tertiary/aromatic N) is 2. The first-order valence-corrected chi connectivity index (χ1v) is 11.4. The molecule has 7 nitrogen and oxygen atoms in total. The minimum absolute atomic E-state index is 0.177. The van der Waals surface area contributed by atoms with Crippen LogP contribution in [-0.4, -0.2) is 49.3 Å². The number of rotatable bonds is 4. The number of carbonyl (C=O) groups excluding carboxylic acids is 2. The second-order valence-corrected chi connectivity index (χ2v) is 8.94. The van der Waals surface area contributed by atoms with Crippen LogP contribution in [0, 0.1) is 25.2 Å². The minimum Gasteiger partial charge on any atom is -0.443 e.